The van der Waals surface area contributed by atoms with Gasteiger partial charge in [-0.2, -0.15) is 0 Å². The molecule has 0 aliphatic carbocycles. The highest BCUT2D eigenvalue weighted by Crippen LogP contribution is 2.25. The van der Waals surface area contributed by atoms with E-state index in [2.05, 4.69) is 4.98 Å². The molecule has 2 N–H and O–H groups in total. The SMILES string of the molecule is CC(C)(N)c1cncn1-c1cccc(Cl)c1F. The smallest absolute Gasteiger partial charge is 0.165 e. The van der Waals surface area contributed by atoms with Crippen molar-refractivity contribution in [3.05, 3.63) is 47.3 Å². The molecule has 2 rings (SSSR count). The Bertz CT molecular complexity index is 543. The lowest BCUT2D eigenvalue weighted by Gasteiger charge is -2.21. The number of rotatable bonds is 2. The van der Waals surface area contributed by atoms with Crippen LogP contribution in [0.25, 0.3) is 5.69 Å². The molecule has 0 saturated heterocycles. The fourth-order valence-corrected chi connectivity index (χ4v) is 1.81. The van der Waals surface area contributed by atoms with Gasteiger partial charge in [-0.05, 0) is 26.0 Å². The number of imidazole rings is 1. The molecule has 17 heavy (non-hydrogen) atoms. The Morgan fingerprint density at radius 1 is 1.41 bits per heavy atom. The first kappa shape index (κ1) is 12.1. The van der Waals surface area contributed by atoms with Gasteiger partial charge in [-0.25, -0.2) is 9.37 Å². The van der Waals surface area contributed by atoms with Crippen LogP contribution in [0.15, 0.2) is 30.7 Å². The average Bonchev–Trinajstić information content (AvgIpc) is 2.70. The third-order valence-corrected chi connectivity index (χ3v) is 2.78. The monoisotopic (exact) mass is 253 g/mol. The van der Waals surface area contributed by atoms with Crippen LogP contribution in [-0.2, 0) is 5.54 Å². The largest absolute Gasteiger partial charge is 0.321 e. The molecule has 2 aromatic rings. The Balaban J connectivity index is 2.62. The van der Waals surface area contributed by atoms with Gasteiger partial charge in [0.25, 0.3) is 0 Å². The van der Waals surface area contributed by atoms with Crippen molar-refractivity contribution in [1.82, 2.24) is 9.55 Å². The van der Waals surface area contributed by atoms with Crippen molar-refractivity contribution in [1.29, 1.82) is 0 Å². The fourth-order valence-electron chi connectivity index (χ4n) is 1.64. The molecule has 90 valence electrons. The van der Waals surface area contributed by atoms with Gasteiger partial charge in [-0.15, -0.1) is 0 Å². The molecular weight excluding hydrogens is 241 g/mol. The van der Waals surface area contributed by atoms with Gasteiger partial charge in [0.1, 0.15) is 0 Å². The minimum absolute atomic E-state index is 0.0805. The molecule has 3 nitrogen and oxygen atoms in total. The van der Waals surface area contributed by atoms with Gasteiger partial charge in [0.15, 0.2) is 5.82 Å². The molecule has 0 unspecified atom stereocenters. The maximum Gasteiger partial charge on any atom is 0.165 e. The molecular formula is C12H13ClFN3. The second kappa shape index (κ2) is 4.13. The van der Waals surface area contributed by atoms with E-state index in [-0.39, 0.29) is 5.02 Å². The number of aromatic nitrogens is 2. The summed E-state index contributed by atoms with van der Waals surface area (Å²) in [5.41, 5.74) is 6.48. The van der Waals surface area contributed by atoms with E-state index >= 15 is 0 Å². The number of nitrogens with zero attached hydrogens (tertiary/aromatic N) is 2. The van der Waals surface area contributed by atoms with Crippen molar-refractivity contribution in [2.45, 2.75) is 19.4 Å². The van der Waals surface area contributed by atoms with E-state index in [1.807, 2.05) is 13.8 Å². The Hall–Kier alpha value is -1.39. The normalized spacial score (nSPS) is 11.8. The van der Waals surface area contributed by atoms with Crippen molar-refractivity contribution in [3.63, 3.8) is 0 Å². The number of halogens is 2. The molecule has 1 aromatic heterocycles. The molecule has 0 aliphatic rings. The second-order valence-corrected chi connectivity index (χ2v) is 4.85. The molecule has 0 aliphatic heterocycles. The summed E-state index contributed by atoms with van der Waals surface area (Å²) in [5.74, 6) is -0.474. The lowest BCUT2D eigenvalue weighted by molar-refractivity contribution is 0.519. The molecule has 0 atom stereocenters. The van der Waals surface area contributed by atoms with Crippen LogP contribution in [0.1, 0.15) is 19.5 Å². The van der Waals surface area contributed by atoms with Gasteiger partial charge in [-0.3, -0.25) is 4.57 Å². The second-order valence-electron chi connectivity index (χ2n) is 4.44. The quantitative estimate of drug-likeness (QED) is 0.894. The molecule has 0 amide bonds. The molecule has 0 spiro atoms. The number of benzene rings is 1. The zero-order valence-electron chi connectivity index (χ0n) is 9.61. The molecule has 0 radical (unpaired) electrons. The minimum Gasteiger partial charge on any atom is -0.321 e. The summed E-state index contributed by atoms with van der Waals surface area (Å²) >= 11 is 5.76. The summed E-state index contributed by atoms with van der Waals surface area (Å²) < 4.78 is 15.5. The number of hydrogen-bond donors (Lipinski definition) is 1. The summed E-state index contributed by atoms with van der Waals surface area (Å²) in [6.07, 6.45) is 3.15. The van der Waals surface area contributed by atoms with Crippen LogP contribution >= 0.6 is 11.6 Å². The number of nitrogens with two attached hydrogens (primary N) is 1. The highest BCUT2D eigenvalue weighted by atomic mass is 35.5. The zero-order chi connectivity index (χ0) is 12.6. The van der Waals surface area contributed by atoms with Crippen LogP contribution in [0.4, 0.5) is 4.39 Å². The average molecular weight is 254 g/mol. The summed E-state index contributed by atoms with van der Waals surface area (Å²) in [4.78, 5) is 4.01. The molecule has 1 heterocycles. The predicted molar refractivity (Wildman–Crippen MR) is 65.7 cm³/mol. The molecule has 5 heteroatoms. The topological polar surface area (TPSA) is 43.8 Å². The van der Waals surface area contributed by atoms with Gasteiger partial charge >= 0.3 is 0 Å². The van der Waals surface area contributed by atoms with Crippen molar-refractivity contribution >= 4 is 11.6 Å². The van der Waals surface area contributed by atoms with E-state index in [0.717, 1.165) is 5.69 Å². The Labute approximate surface area is 104 Å². The van der Waals surface area contributed by atoms with Crippen LogP contribution in [0.2, 0.25) is 5.02 Å². The number of hydrogen-bond acceptors (Lipinski definition) is 2. The van der Waals surface area contributed by atoms with Crippen molar-refractivity contribution in [2.24, 2.45) is 5.73 Å². The first-order valence-corrected chi connectivity index (χ1v) is 5.55. The molecule has 0 bridgehead atoms. The third-order valence-electron chi connectivity index (χ3n) is 2.49. The Morgan fingerprint density at radius 3 is 2.76 bits per heavy atom. The van der Waals surface area contributed by atoms with Gasteiger partial charge in [0.2, 0.25) is 0 Å². The first-order chi connectivity index (χ1) is 7.91. The van der Waals surface area contributed by atoms with Crippen molar-refractivity contribution in [2.75, 3.05) is 0 Å². The lowest BCUT2D eigenvalue weighted by atomic mass is 10.0. The van der Waals surface area contributed by atoms with Crippen LogP contribution in [0.5, 0.6) is 0 Å². The fraction of sp³-hybridized carbons (Fsp3) is 0.250. The van der Waals surface area contributed by atoms with E-state index in [1.54, 1.807) is 22.9 Å². The molecule has 1 aromatic carbocycles. The van der Waals surface area contributed by atoms with Crippen LogP contribution in [0, 0.1) is 5.82 Å². The summed E-state index contributed by atoms with van der Waals surface area (Å²) in [6.45, 7) is 3.67. The molecule has 0 saturated carbocycles. The zero-order valence-corrected chi connectivity index (χ0v) is 10.4. The van der Waals surface area contributed by atoms with Gasteiger partial charge in [0.05, 0.1) is 34.5 Å². The van der Waals surface area contributed by atoms with Gasteiger partial charge < -0.3 is 5.73 Å². The third kappa shape index (κ3) is 2.18. The van der Waals surface area contributed by atoms with E-state index in [9.17, 15) is 4.39 Å². The maximum atomic E-state index is 13.9. The highest BCUT2D eigenvalue weighted by Gasteiger charge is 2.21. The van der Waals surface area contributed by atoms with Crippen LogP contribution < -0.4 is 5.73 Å². The predicted octanol–water partition coefficient (Wildman–Crippen LogP) is 2.86. The maximum absolute atomic E-state index is 13.9. The van der Waals surface area contributed by atoms with E-state index < -0.39 is 11.4 Å². The minimum atomic E-state index is -0.606. The molecule has 0 fully saturated rings. The Kier molecular flexibility index (Phi) is 2.93. The van der Waals surface area contributed by atoms with Crippen LogP contribution in [-0.4, -0.2) is 9.55 Å². The Morgan fingerprint density at radius 2 is 2.12 bits per heavy atom. The van der Waals surface area contributed by atoms with Crippen molar-refractivity contribution < 1.29 is 4.39 Å². The van der Waals surface area contributed by atoms with Gasteiger partial charge in [-0.1, -0.05) is 17.7 Å². The van der Waals surface area contributed by atoms with Crippen molar-refractivity contribution in [3.8, 4) is 5.69 Å². The standard InChI is InChI=1S/C12H13ClFN3/c1-12(2,15)10-6-16-7-17(10)9-5-3-4-8(13)11(9)14/h3-7H,15H2,1-2H3. The lowest BCUT2D eigenvalue weighted by Crippen LogP contribution is -2.31. The summed E-state index contributed by atoms with van der Waals surface area (Å²) in [7, 11) is 0. The van der Waals surface area contributed by atoms with E-state index in [0.29, 0.717) is 5.69 Å². The van der Waals surface area contributed by atoms with E-state index in [4.69, 9.17) is 17.3 Å². The highest BCUT2D eigenvalue weighted by molar-refractivity contribution is 6.30. The summed E-state index contributed by atoms with van der Waals surface area (Å²) in [6, 6.07) is 4.83. The first-order valence-electron chi connectivity index (χ1n) is 5.17. The summed E-state index contributed by atoms with van der Waals surface area (Å²) in [5, 5.41) is 0.0805. The van der Waals surface area contributed by atoms with Gasteiger partial charge in [0, 0.05) is 0 Å². The van der Waals surface area contributed by atoms with Crippen LogP contribution in [0.3, 0.4) is 0 Å². The van der Waals surface area contributed by atoms with E-state index in [1.165, 1.54) is 12.4 Å².